The summed E-state index contributed by atoms with van der Waals surface area (Å²) in [7, 11) is -3.23. The first kappa shape index (κ1) is 12.9. The average molecular weight is 299 g/mol. The molecule has 1 heterocycles. The van der Waals surface area contributed by atoms with E-state index >= 15 is 0 Å². The number of sulfonamides is 1. The van der Waals surface area contributed by atoms with Crippen LogP contribution in [-0.4, -0.2) is 21.2 Å². The maximum Gasteiger partial charge on any atom is 0.232 e. The van der Waals surface area contributed by atoms with E-state index in [1.54, 1.807) is 4.31 Å². The summed E-state index contributed by atoms with van der Waals surface area (Å²) in [4.78, 5) is 0. The van der Waals surface area contributed by atoms with Gasteiger partial charge in [-0.1, -0.05) is 43.3 Å². The van der Waals surface area contributed by atoms with Crippen LogP contribution >= 0.6 is 0 Å². The van der Waals surface area contributed by atoms with Gasteiger partial charge in [-0.2, -0.15) is 0 Å². The fourth-order valence-electron chi connectivity index (χ4n) is 3.94. The van der Waals surface area contributed by atoms with Crippen molar-refractivity contribution >= 4 is 15.7 Å². The maximum atomic E-state index is 12.1. The third-order valence-electron chi connectivity index (χ3n) is 4.89. The molecule has 1 unspecified atom stereocenters. The molecule has 0 amide bonds. The smallest absolute Gasteiger partial charge is 0.232 e. The molecule has 21 heavy (non-hydrogen) atoms. The maximum absolute atomic E-state index is 12.1. The van der Waals surface area contributed by atoms with Crippen LogP contribution in [-0.2, 0) is 15.4 Å². The Bertz CT molecular complexity index is 857. The van der Waals surface area contributed by atoms with Gasteiger partial charge in [-0.25, -0.2) is 8.42 Å². The fraction of sp³-hybridized carbons (Fsp3) is 0.294. The molecule has 1 aliphatic carbocycles. The minimum Gasteiger partial charge on any atom is -0.270 e. The molecule has 2 aliphatic rings. The Kier molecular flexibility index (Phi) is 2.39. The molecule has 4 heteroatoms. The van der Waals surface area contributed by atoms with E-state index in [-0.39, 0.29) is 5.41 Å². The fourth-order valence-corrected chi connectivity index (χ4v) is 4.87. The van der Waals surface area contributed by atoms with Crippen LogP contribution < -0.4 is 4.31 Å². The molecule has 0 bridgehead atoms. The van der Waals surface area contributed by atoms with Crippen molar-refractivity contribution < 1.29 is 8.42 Å². The van der Waals surface area contributed by atoms with Crippen molar-refractivity contribution in [3.05, 3.63) is 53.6 Å². The highest BCUT2D eigenvalue weighted by atomic mass is 32.2. The number of fused-ring (bicyclic) bond motifs is 3. The zero-order chi connectivity index (χ0) is 14.8. The Hall–Kier alpha value is -1.81. The highest BCUT2D eigenvalue weighted by Gasteiger charge is 2.45. The Morgan fingerprint density at radius 2 is 1.76 bits per heavy atom. The summed E-state index contributed by atoms with van der Waals surface area (Å²) in [6.45, 7) is 2.78. The monoisotopic (exact) mass is 299 g/mol. The lowest BCUT2D eigenvalue weighted by atomic mass is 9.75. The predicted octanol–water partition coefficient (Wildman–Crippen LogP) is 3.14. The van der Waals surface area contributed by atoms with Crippen LogP contribution in [0.25, 0.3) is 11.1 Å². The first-order chi connectivity index (χ1) is 9.93. The average Bonchev–Trinajstić information content (AvgIpc) is 2.70. The van der Waals surface area contributed by atoms with E-state index in [1.165, 1.54) is 28.5 Å². The van der Waals surface area contributed by atoms with Crippen LogP contribution in [0.4, 0.5) is 5.69 Å². The van der Waals surface area contributed by atoms with Crippen molar-refractivity contribution in [1.82, 2.24) is 0 Å². The highest BCUT2D eigenvalue weighted by Crippen LogP contribution is 2.56. The van der Waals surface area contributed by atoms with Crippen LogP contribution in [0.2, 0.25) is 0 Å². The summed E-state index contributed by atoms with van der Waals surface area (Å²) in [6.07, 6.45) is 2.11. The Labute approximate surface area is 125 Å². The van der Waals surface area contributed by atoms with Gasteiger partial charge in [-0.3, -0.25) is 4.31 Å². The van der Waals surface area contributed by atoms with Crippen molar-refractivity contribution in [2.45, 2.75) is 18.8 Å². The number of nitrogens with zero attached hydrogens (tertiary/aromatic N) is 1. The van der Waals surface area contributed by atoms with E-state index in [9.17, 15) is 8.42 Å². The zero-order valence-electron chi connectivity index (χ0n) is 12.1. The second kappa shape index (κ2) is 3.89. The third-order valence-corrected chi connectivity index (χ3v) is 6.07. The molecule has 0 aromatic heterocycles. The van der Waals surface area contributed by atoms with Gasteiger partial charge in [-0.15, -0.1) is 0 Å². The number of benzene rings is 2. The summed E-state index contributed by atoms with van der Waals surface area (Å²) >= 11 is 0. The first-order valence-electron chi connectivity index (χ1n) is 7.14. The Morgan fingerprint density at radius 1 is 1.05 bits per heavy atom. The van der Waals surface area contributed by atoms with E-state index in [0.29, 0.717) is 6.54 Å². The molecule has 0 saturated carbocycles. The van der Waals surface area contributed by atoms with Gasteiger partial charge in [0.05, 0.1) is 11.9 Å². The molecular formula is C17H17NO2S. The van der Waals surface area contributed by atoms with Crippen LogP contribution in [0.15, 0.2) is 42.5 Å². The molecule has 108 valence electrons. The van der Waals surface area contributed by atoms with Crippen molar-refractivity contribution in [2.24, 2.45) is 0 Å². The van der Waals surface area contributed by atoms with Crippen LogP contribution in [0, 0.1) is 0 Å². The molecule has 0 fully saturated rings. The van der Waals surface area contributed by atoms with Crippen LogP contribution in [0.5, 0.6) is 0 Å². The quantitative estimate of drug-likeness (QED) is 0.811. The number of anilines is 1. The topological polar surface area (TPSA) is 37.4 Å². The minimum absolute atomic E-state index is 0.0797. The van der Waals surface area contributed by atoms with E-state index < -0.39 is 10.0 Å². The van der Waals surface area contributed by atoms with Gasteiger partial charge in [0.15, 0.2) is 0 Å². The molecule has 2 aromatic carbocycles. The normalized spacial score (nSPS) is 22.9. The van der Waals surface area contributed by atoms with Gasteiger partial charge in [0.2, 0.25) is 10.0 Å². The van der Waals surface area contributed by atoms with E-state index in [4.69, 9.17) is 0 Å². The molecule has 4 rings (SSSR count). The lowest BCUT2D eigenvalue weighted by Crippen LogP contribution is -2.41. The van der Waals surface area contributed by atoms with Gasteiger partial charge in [0.1, 0.15) is 0 Å². The van der Waals surface area contributed by atoms with Crippen molar-refractivity contribution in [3.63, 3.8) is 0 Å². The molecule has 0 spiro atoms. The van der Waals surface area contributed by atoms with Crippen molar-refractivity contribution in [3.8, 4) is 11.1 Å². The minimum atomic E-state index is -3.23. The molecule has 1 aliphatic heterocycles. The molecule has 0 saturated heterocycles. The second-order valence-corrected chi connectivity index (χ2v) is 8.07. The summed E-state index contributed by atoms with van der Waals surface area (Å²) in [5, 5.41) is 0. The van der Waals surface area contributed by atoms with E-state index in [1.807, 2.05) is 18.2 Å². The first-order valence-corrected chi connectivity index (χ1v) is 8.99. The largest absolute Gasteiger partial charge is 0.270 e. The van der Waals surface area contributed by atoms with Crippen LogP contribution in [0.1, 0.15) is 24.5 Å². The van der Waals surface area contributed by atoms with Crippen molar-refractivity contribution in [2.75, 3.05) is 17.1 Å². The summed E-state index contributed by atoms with van der Waals surface area (Å²) in [5.74, 6) is 0. The van der Waals surface area contributed by atoms with E-state index in [2.05, 4.69) is 31.2 Å². The van der Waals surface area contributed by atoms with Gasteiger partial charge in [-0.05, 0) is 34.7 Å². The number of hydrogen-bond donors (Lipinski definition) is 0. The molecule has 1 atom stereocenters. The van der Waals surface area contributed by atoms with Crippen molar-refractivity contribution in [1.29, 1.82) is 0 Å². The summed E-state index contributed by atoms with van der Waals surface area (Å²) in [6, 6.07) is 14.4. The SMILES string of the molecule is CC12CCN(S(C)(=O)=O)c3cccc(c31)-c1ccccc12. The molecule has 2 aromatic rings. The number of rotatable bonds is 1. The zero-order valence-corrected chi connectivity index (χ0v) is 12.9. The van der Waals surface area contributed by atoms with Gasteiger partial charge >= 0.3 is 0 Å². The predicted molar refractivity (Wildman–Crippen MR) is 85.1 cm³/mol. The lowest BCUT2D eigenvalue weighted by Gasteiger charge is -2.39. The van der Waals surface area contributed by atoms with E-state index in [0.717, 1.165) is 12.1 Å². The highest BCUT2D eigenvalue weighted by molar-refractivity contribution is 7.92. The summed E-state index contributed by atoms with van der Waals surface area (Å²) in [5.41, 5.74) is 5.68. The summed E-state index contributed by atoms with van der Waals surface area (Å²) < 4.78 is 25.7. The van der Waals surface area contributed by atoms with Crippen LogP contribution in [0.3, 0.4) is 0 Å². The Morgan fingerprint density at radius 3 is 2.52 bits per heavy atom. The van der Waals surface area contributed by atoms with Gasteiger partial charge < -0.3 is 0 Å². The standard InChI is InChI=1S/C17H17NO2S/c1-17-10-11-18(21(2,19)20)15-9-5-7-13(16(15)17)12-6-3-4-8-14(12)17/h3-9H,10-11H2,1-2H3. The molecular weight excluding hydrogens is 282 g/mol. The Balaban J connectivity index is 2.08. The van der Waals surface area contributed by atoms with Gasteiger partial charge in [0.25, 0.3) is 0 Å². The molecule has 3 nitrogen and oxygen atoms in total. The second-order valence-electron chi connectivity index (χ2n) is 6.16. The lowest BCUT2D eigenvalue weighted by molar-refractivity contribution is 0.514. The molecule has 0 N–H and O–H groups in total. The third kappa shape index (κ3) is 1.57. The number of hydrogen-bond acceptors (Lipinski definition) is 2. The van der Waals surface area contributed by atoms with Gasteiger partial charge in [0, 0.05) is 12.0 Å². The molecule has 0 radical (unpaired) electrons.